The number of fused-ring (bicyclic) bond motifs is 3. The van der Waals surface area contributed by atoms with Crippen LogP contribution in [0.15, 0.2) is 42.6 Å². The molecule has 2 amide bonds. The molecule has 0 spiro atoms. The van der Waals surface area contributed by atoms with Crippen molar-refractivity contribution in [3.8, 4) is 11.3 Å². The van der Waals surface area contributed by atoms with Crippen molar-refractivity contribution < 1.29 is 13.2 Å². The molecule has 0 fully saturated rings. The fraction of sp³-hybridized carbons (Fsp3) is 0.227. The Hall–Kier alpha value is -3.70. The van der Waals surface area contributed by atoms with Gasteiger partial charge in [0.05, 0.1) is 28.7 Å². The van der Waals surface area contributed by atoms with Gasteiger partial charge in [0, 0.05) is 24.8 Å². The molecule has 2 aromatic heterocycles. The molecule has 0 radical (unpaired) electrons. The van der Waals surface area contributed by atoms with Crippen LogP contribution in [-0.2, 0) is 10.0 Å². The summed E-state index contributed by atoms with van der Waals surface area (Å²) >= 11 is 0. The number of nitrogens with zero attached hydrogens (tertiary/aromatic N) is 3. The predicted molar refractivity (Wildman–Crippen MR) is 130 cm³/mol. The molecule has 2 aromatic carbocycles. The highest BCUT2D eigenvalue weighted by molar-refractivity contribution is 7.89. The van der Waals surface area contributed by atoms with Crippen LogP contribution in [0, 0.1) is 13.8 Å². The van der Waals surface area contributed by atoms with E-state index in [0.29, 0.717) is 17.2 Å². The maximum absolute atomic E-state index is 11.6. The molecule has 172 valence electrons. The fourth-order valence-electron chi connectivity index (χ4n) is 3.54. The predicted octanol–water partition coefficient (Wildman–Crippen LogP) is 2.62. The van der Waals surface area contributed by atoms with Crippen molar-refractivity contribution in [3.63, 3.8) is 0 Å². The van der Waals surface area contributed by atoms with E-state index in [0.717, 1.165) is 33.4 Å². The van der Waals surface area contributed by atoms with E-state index >= 15 is 0 Å². The summed E-state index contributed by atoms with van der Waals surface area (Å²) in [7, 11) is -2.05. The molecule has 10 nitrogen and oxygen atoms in total. The van der Waals surface area contributed by atoms with Gasteiger partial charge in [-0.15, -0.1) is 0 Å². The van der Waals surface area contributed by atoms with Crippen molar-refractivity contribution in [2.45, 2.75) is 13.8 Å². The van der Waals surface area contributed by atoms with Crippen LogP contribution >= 0.6 is 0 Å². The number of rotatable bonds is 6. The molecule has 33 heavy (non-hydrogen) atoms. The lowest BCUT2D eigenvalue weighted by molar-refractivity contribution is 0.254. The van der Waals surface area contributed by atoms with E-state index in [1.807, 2.05) is 48.6 Å². The number of sulfonamides is 1. The van der Waals surface area contributed by atoms with Crippen LogP contribution in [0.5, 0.6) is 0 Å². The average molecular weight is 468 g/mol. The van der Waals surface area contributed by atoms with Crippen molar-refractivity contribution in [2.24, 2.45) is 5.14 Å². The topological polar surface area (TPSA) is 144 Å². The van der Waals surface area contributed by atoms with Gasteiger partial charge in [-0.1, -0.05) is 12.1 Å². The lowest BCUT2D eigenvalue weighted by Crippen LogP contribution is -2.24. The van der Waals surface area contributed by atoms with Gasteiger partial charge in [-0.25, -0.2) is 28.3 Å². The first-order valence-electron chi connectivity index (χ1n) is 10.3. The smallest absolute Gasteiger partial charge is 0.318 e. The van der Waals surface area contributed by atoms with E-state index in [1.54, 1.807) is 13.2 Å². The van der Waals surface area contributed by atoms with Crippen molar-refractivity contribution in [2.75, 3.05) is 30.0 Å². The Labute approximate surface area is 191 Å². The molecule has 0 aliphatic carbocycles. The summed E-state index contributed by atoms with van der Waals surface area (Å²) in [5, 5.41) is 13.5. The standard InChI is InChI=1S/C22H25N7O3S/c1-13-10-17-18(11-14(13)2)29-19(15-4-6-16(7-5-15)27-22(30)24-3)12-26-21(29)20(28-17)25-8-9-33(23,31)32/h4-7,10-12H,8-9H2,1-3H3,(H,25,28)(H2,23,31,32)(H2,24,27,30). The van der Waals surface area contributed by atoms with E-state index in [2.05, 4.69) is 27.0 Å². The number of nitrogens with two attached hydrogens (primary N) is 1. The molecule has 0 saturated heterocycles. The van der Waals surface area contributed by atoms with Crippen LogP contribution in [0.4, 0.5) is 16.3 Å². The summed E-state index contributed by atoms with van der Waals surface area (Å²) < 4.78 is 24.7. The third-order valence-corrected chi connectivity index (χ3v) is 6.16. The van der Waals surface area contributed by atoms with Crippen LogP contribution in [0.1, 0.15) is 11.1 Å². The molecule has 0 aliphatic heterocycles. The minimum atomic E-state index is -3.61. The van der Waals surface area contributed by atoms with Gasteiger partial charge in [-0.3, -0.25) is 4.40 Å². The third kappa shape index (κ3) is 4.73. The van der Waals surface area contributed by atoms with Crippen LogP contribution in [-0.4, -0.2) is 48.2 Å². The molecule has 2 heterocycles. The lowest BCUT2D eigenvalue weighted by atomic mass is 10.1. The highest BCUT2D eigenvalue weighted by atomic mass is 32.2. The monoisotopic (exact) mass is 467 g/mol. The summed E-state index contributed by atoms with van der Waals surface area (Å²) in [4.78, 5) is 20.8. The highest BCUT2D eigenvalue weighted by Crippen LogP contribution is 2.30. The second-order valence-corrected chi connectivity index (χ2v) is 9.50. The molecule has 11 heteroatoms. The lowest BCUT2D eigenvalue weighted by Gasteiger charge is -2.13. The summed E-state index contributed by atoms with van der Waals surface area (Å²) in [6.45, 7) is 4.16. The molecule has 5 N–H and O–H groups in total. The zero-order valence-corrected chi connectivity index (χ0v) is 19.3. The second-order valence-electron chi connectivity index (χ2n) is 7.76. The quantitative estimate of drug-likeness (QED) is 0.343. The van der Waals surface area contributed by atoms with E-state index in [9.17, 15) is 13.2 Å². The SMILES string of the molecule is CNC(=O)Nc1ccc(-c2cnc3c(NCCS(N)(=O)=O)nc4cc(C)c(C)cc4n23)cc1. The molecule has 4 rings (SSSR count). The van der Waals surface area contributed by atoms with Crippen molar-refractivity contribution in [1.29, 1.82) is 0 Å². The Morgan fingerprint density at radius 3 is 2.48 bits per heavy atom. The van der Waals surface area contributed by atoms with E-state index in [1.165, 1.54) is 0 Å². The van der Waals surface area contributed by atoms with Crippen LogP contribution in [0.3, 0.4) is 0 Å². The number of carbonyl (C=O) groups excluding carboxylic acids is 1. The first-order chi connectivity index (χ1) is 15.7. The van der Waals surface area contributed by atoms with E-state index in [-0.39, 0.29) is 18.3 Å². The van der Waals surface area contributed by atoms with Gasteiger partial charge in [0.25, 0.3) is 0 Å². The summed E-state index contributed by atoms with van der Waals surface area (Å²) in [5.74, 6) is 0.248. The number of urea groups is 1. The molecule has 0 aliphatic rings. The summed E-state index contributed by atoms with van der Waals surface area (Å²) in [5.41, 5.74) is 6.80. The average Bonchev–Trinajstić information content (AvgIpc) is 3.20. The number of amides is 2. The van der Waals surface area contributed by atoms with Crippen LogP contribution < -0.4 is 21.1 Å². The fourth-order valence-corrected chi connectivity index (χ4v) is 3.93. The second kappa shape index (κ2) is 8.68. The van der Waals surface area contributed by atoms with Gasteiger partial charge >= 0.3 is 6.03 Å². The van der Waals surface area contributed by atoms with Gasteiger partial charge in [-0.05, 0) is 49.2 Å². The first-order valence-corrected chi connectivity index (χ1v) is 12.0. The third-order valence-electron chi connectivity index (χ3n) is 5.38. The van der Waals surface area contributed by atoms with Gasteiger partial charge in [0.15, 0.2) is 11.5 Å². The van der Waals surface area contributed by atoms with E-state index < -0.39 is 10.0 Å². The number of imidazole rings is 1. The zero-order valence-electron chi connectivity index (χ0n) is 18.5. The zero-order chi connectivity index (χ0) is 23.8. The molecule has 4 aromatic rings. The number of primary sulfonamides is 1. The number of hydrogen-bond donors (Lipinski definition) is 4. The molecular formula is C22H25N7O3S. The van der Waals surface area contributed by atoms with Crippen molar-refractivity contribution in [1.82, 2.24) is 19.7 Å². The molecular weight excluding hydrogens is 442 g/mol. The maximum atomic E-state index is 11.6. The number of nitrogens with one attached hydrogen (secondary N) is 3. The Balaban J connectivity index is 1.84. The normalized spacial score (nSPS) is 11.6. The number of hydrogen-bond acceptors (Lipinski definition) is 6. The largest absolute Gasteiger partial charge is 0.366 e. The van der Waals surface area contributed by atoms with Crippen LogP contribution in [0.2, 0.25) is 0 Å². The Morgan fingerprint density at radius 2 is 1.82 bits per heavy atom. The van der Waals surface area contributed by atoms with Gasteiger partial charge in [-0.2, -0.15) is 0 Å². The van der Waals surface area contributed by atoms with E-state index in [4.69, 9.17) is 10.1 Å². The van der Waals surface area contributed by atoms with Gasteiger partial charge in [0.2, 0.25) is 10.0 Å². The number of anilines is 2. The number of carbonyl (C=O) groups is 1. The van der Waals surface area contributed by atoms with Gasteiger partial charge < -0.3 is 16.0 Å². The molecule has 0 bridgehead atoms. The first kappa shape index (κ1) is 22.5. The Bertz CT molecular complexity index is 1460. The summed E-state index contributed by atoms with van der Waals surface area (Å²) in [6, 6.07) is 11.2. The minimum absolute atomic E-state index is 0.111. The maximum Gasteiger partial charge on any atom is 0.318 e. The molecule has 0 unspecified atom stereocenters. The summed E-state index contributed by atoms with van der Waals surface area (Å²) in [6.07, 6.45) is 1.75. The van der Waals surface area contributed by atoms with Gasteiger partial charge in [0.1, 0.15) is 0 Å². The molecule has 0 atom stereocenters. The number of aromatic nitrogens is 3. The Morgan fingerprint density at radius 1 is 1.12 bits per heavy atom. The van der Waals surface area contributed by atoms with Crippen molar-refractivity contribution in [3.05, 3.63) is 53.7 Å². The number of aryl methyl sites for hydroxylation is 2. The highest BCUT2D eigenvalue weighted by Gasteiger charge is 2.16. The van der Waals surface area contributed by atoms with Crippen molar-refractivity contribution >= 4 is 44.2 Å². The minimum Gasteiger partial charge on any atom is -0.366 e. The van der Waals surface area contributed by atoms with Crippen LogP contribution in [0.25, 0.3) is 27.9 Å². The number of benzene rings is 2. The Kier molecular flexibility index (Phi) is 5.91. The molecule has 0 saturated carbocycles.